The minimum atomic E-state index is -0.321. The van der Waals surface area contributed by atoms with E-state index in [0.717, 1.165) is 23.7 Å². The molecule has 1 aliphatic rings. The largest absolute Gasteiger partial charge is 0.489 e. The van der Waals surface area contributed by atoms with E-state index in [1.54, 1.807) is 6.07 Å². The van der Waals surface area contributed by atoms with Crippen molar-refractivity contribution in [1.82, 2.24) is 5.16 Å². The Morgan fingerprint density at radius 1 is 1.42 bits per heavy atom. The van der Waals surface area contributed by atoms with E-state index in [2.05, 4.69) is 26.0 Å². The van der Waals surface area contributed by atoms with E-state index in [-0.39, 0.29) is 5.82 Å². The Bertz CT molecular complexity index is 615. The van der Waals surface area contributed by atoms with Crippen LogP contribution < -0.4 is 9.64 Å². The number of aromatic nitrogens is 1. The van der Waals surface area contributed by atoms with E-state index in [4.69, 9.17) is 9.26 Å². The van der Waals surface area contributed by atoms with Crippen LogP contribution in [0.4, 0.5) is 10.1 Å². The van der Waals surface area contributed by atoms with Crippen LogP contribution in [0.15, 0.2) is 27.2 Å². The lowest BCUT2D eigenvalue weighted by molar-refractivity contribution is 0.304. The van der Waals surface area contributed by atoms with E-state index in [1.807, 2.05) is 13.0 Å². The summed E-state index contributed by atoms with van der Waals surface area (Å²) in [5.41, 5.74) is 1.71. The van der Waals surface area contributed by atoms with E-state index in [0.29, 0.717) is 23.4 Å². The van der Waals surface area contributed by atoms with Gasteiger partial charge in [-0.3, -0.25) is 0 Å². The van der Waals surface area contributed by atoms with Gasteiger partial charge in [0.1, 0.15) is 29.6 Å². The van der Waals surface area contributed by atoms with Gasteiger partial charge in [-0.1, -0.05) is 5.16 Å². The van der Waals surface area contributed by atoms with E-state index < -0.39 is 0 Å². The predicted octanol–water partition coefficient (Wildman–Crippen LogP) is 3.28. The number of benzene rings is 1. The van der Waals surface area contributed by atoms with Crippen molar-refractivity contribution in [2.24, 2.45) is 0 Å². The molecule has 3 rings (SSSR count). The summed E-state index contributed by atoms with van der Waals surface area (Å²) in [5.74, 6) is 1.02. The summed E-state index contributed by atoms with van der Waals surface area (Å²) in [6, 6.07) is 5.03. The molecule has 0 N–H and O–H groups in total. The van der Waals surface area contributed by atoms with Crippen molar-refractivity contribution in [3.8, 4) is 5.75 Å². The van der Waals surface area contributed by atoms with Gasteiger partial charge in [0, 0.05) is 12.1 Å². The summed E-state index contributed by atoms with van der Waals surface area (Å²) in [4.78, 5) is 2.10. The summed E-state index contributed by atoms with van der Waals surface area (Å²) in [5, 5.41) is 3.98. The highest BCUT2D eigenvalue weighted by Crippen LogP contribution is 2.36. The average molecular weight is 327 g/mol. The van der Waals surface area contributed by atoms with Crippen molar-refractivity contribution in [2.45, 2.75) is 13.5 Å². The third-order valence-corrected chi connectivity index (χ3v) is 3.60. The Hall–Kier alpha value is -1.56. The van der Waals surface area contributed by atoms with Crippen LogP contribution in [0.1, 0.15) is 11.5 Å². The molecule has 0 unspecified atom stereocenters. The summed E-state index contributed by atoms with van der Waals surface area (Å²) in [7, 11) is 0. The maximum absolute atomic E-state index is 13.5. The quantitative estimate of drug-likeness (QED) is 0.848. The van der Waals surface area contributed by atoms with Gasteiger partial charge >= 0.3 is 0 Å². The van der Waals surface area contributed by atoms with Gasteiger partial charge in [0.05, 0.1) is 23.2 Å². The van der Waals surface area contributed by atoms with Crippen molar-refractivity contribution in [3.05, 3.63) is 39.9 Å². The highest BCUT2D eigenvalue weighted by Gasteiger charge is 2.21. The highest BCUT2D eigenvalue weighted by molar-refractivity contribution is 9.10. The molecule has 100 valence electrons. The van der Waals surface area contributed by atoms with Crippen LogP contribution in [0.5, 0.6) is 5.75 Å². The molecule has 0 atom stereocenters. The molecule has 0 radical (unpaired) electrons. The second kappa shape index (κ2) is 4.85. The standard InChI is InChI=1S/C13H12BrFN2O2/c1-8-4-9(16-19-8)7-17-2-3-18-13-6-11(15)10(14)5-12(13)17/h4-6H,2-3,7H2,1H3. The van der Waals surface area contributed by atoms with E-state index in [1.165, 1.54) is 6.07 Å². The molecule has 1 aliphatic heterocycles. The summed E-state index contributed by atoms with van der Waals surface area (Å²) < 4.78 is 24.5. The zero-order valence-electron chi connectivity index (χ0n) is 10.3. The smallest absolute Gasteiger partial charge is 0.145 e. The van der Waals surface area contributed by atoms with Crippen molar-refractivity contribution in [3.63, 3.8) is 0 Å². The maximum atomic E-state index is 13.5. The number of ether oxygens (including phenoxy) is 1. The third kappa shape index (κ3) is 2.45. The summed E-state index contributed by atoms with van der Waals surface area (Å²) in [6.07, 6.45) is 0. The Labute approximate surface area is 118 Å². The first-order valence-corrected chi connectivity index (χ1v) is 6.72. The molecule has 6 heteroatoms. The number of rotatable bonds is 2. The number of fused-ring (bicyclic) bond motifs is 1. The van der Waals surface area contributed by atoms with Crippen LogP contribution in [-0.4, -0.2) is 18.3 Å². The van der Waals surface area contributed by atoms with Crippen LogP contribution >= 0.6 is 15.9 Å². The topological polar surface area (TPSA) is 38.5 Å². The van der Waals surface area contributed by atoms with Gasteiger partial charge < -0.3 is 14.2 Å². The van der Waals surface area contributed by atoms with Gasteiger partial charge in [0.25, 0.3) is 0 Å². The second-order valence-corrected chi connectivity index (χ2v) is 5.29. The highest BCUT2D eigenvalue weighted by atomic mass is 79.9. The molecular weight excluding hydrogens is 315 g/mol. The minimum Gasteiger partial charge on any atom is -0.489 e. The van der Waals surface area contributed by atoms with Crippen LogP contribution in [0.25, 0.3) is 0 Å². The minimum absolute atomic E-state index is 0.321. The molecular formula is C13H12BrFN2O2. The summed E-state index contributed by atoms with van der Waals surface area (Å²) >= 11 is 3.20. The van der Waals surface area contributed by atoms with Crippen LogP contribution in [0.2, 0.25) is 0 Å². The molecule has 0 bridgehead atoms. The van der Waals surface area contributed by atoms with Gasteiger partial charge in [-0.15, -0.1) is 0 Å². The predicted molar refractivity (Wildman–Crippen MR) is 71.9 cm³/mol. The number of halogens is 2. The number of aryl methyl sites for hydroxylation is 1. The van der Waals surface area contributed by atoms with Crippen molar-refractivity contribution in [1.29, 1.82) is 0 Å². The van der Waals surface area contributed by atoms with Crippen molar-refractivity contribution >= 4 is 21.6 Å². The van der Waals surface area contributed by atoms with Gasteiger partial charge in [-0.2, -0.15) is 0 Å². The molecule has 1 aromatic carbocycles. The fourth-order valence-corrected chi connectivity index (χ4v) is 2.45. The van der Waals surface area contributed by atoms with Crippen molar-refractivity contribution in [2.75, 3.05) is 18.1 Å². The average Bonchev–Trinajstić information content (AvgIpc) is 2.77. The fourth-order valence-electron chi connectivity index (χ4n) is 2.12. The lowest BCUT2D eigenvalue weighted by Gasteiger charge is -2.30. The van der Waals surface area contributed by atoms with Gasteiger partial charge in [-0.25, -0.2) is 4.39 Å². The maximum Gasteiger partial charge on any atom is 0.145 e. The van der Waals surface area contributed by atoms with Gasteiger partial charge in [0.2, 0.25) is 0 Å². The first-order chi connectivity index (χ1) is 9.13. The number of hydrogen-bond donors (Lipinski definition) is 0. The Balaban J connectivity index is 1.91. The Morgan fingerprint density at radius 3 is 3.00 bits per heavy atom. The molecule has 19 heavy (non-hydrogen) atoms. The van der Waals surface area contributed by atoms with Crippen LogP contribution in [-0.2, 0) is 6.54 Å². The monoisotopic (exact) mass is 326 g/mol. The zero-order chi connectivity index (χ0) is 13.4. The number of anilines is 1. The molecule has 2 heterocycles. The van der Waals surface area contributed by atoms with Gasteiger partial charge in [0.15, 0.2) is 0 Å². The fraction of sp³-hybridized carbons (Fsp3) is 0.308. The lowest BCUT2D eigenvalue weighted by Crippen LogP contribution is -2.32. The zero-order valence-corrected chi connectivity index (χ0v) is 11.9. The Kier molecular flexibility index (Phi) is 3.18. The Morgan fingerprint density at radius 2 is 2.26 bits per heavy atom. The molecule has 0 amide bonds. The summed E-state index contributed by atoms with van der Waals surface area (Å²) in [6.45, 7) is 3.74. The molecule has 0 fully saturated rings. The molecule has 1 aromatic heterocycles. The normalized spacial score (nSPS) is 14.2. The first kappa shape index (κ1) is 12.5. The van der Waals surface area contributed by atoms with Crippen LogP contribution in [0.3, 0.4) is 0 Å². The second-order valence-electron chi connectivity index (χ2n) is 4.43. The molecule has 0 spiro atoms. The molecule has 0 saturated heterocycles. The molecule has 4 nitrogen and oxygen atoms in total. The number of nitrogens with zero attached hydrogens (tertiary/aromatic N) is 2. The molecule has 0 saturated carbocycles. The lowest BCUT2D eigenvalue weighted by atomic mass is 10.2. The van der Waals surface area contributed by atoms with Gasteiger partial charge in [-0.05, 0) is 28.9 Å². The number of hydrogen-bond acceptors (Lipinski definition) is 4. The third-order valence-electron chi connectivity index (χ3n) is 2.99. The van der Waals surface area contributed by atoms with Crippen LogP contribution in [0, 0.1) is 12.7 Å². The SMILES string of the molecule is Cc1cc(CN2CCOc3cc(F)c(Br)cc32)no1. The van der Waals surface area contributed by atoms with Crippen molar-refractivity contribution < 1.29 is 13.7 Å². The molecule has 0 aliphatic carbocycles. The van der Waals surface area contributed by atoms with E-state index in [9.17, 15) is 4.39 Å². The van der Waals surface area contributed by atoms with E-state index >= 15 is 0 Å². The first-order valence-electron chi connectivity index (χ1n) is 5.92. The molecule has 2 aromatic rings.